The van der Waals surface area contributed by atoms with Crippen molar-refractivity contribution in [2.45, 2.75) is 44.7 Å². The van der Waals surface area contributed by atoms with Gasteiger partial charge in [0.15, 0.2) is 0 Å². The topological polar surface area (TPSA) is 159 Å². The van der Waals surface area contributed by atoms with E-state index in [2.05, 4.69) is 10.6 Å². The molecule has 134 valence electrons. The number of likely N-dealkylation sites (tertiary alicyclic amines) is 1. The fourth-order valence-electron chi connectivity index (χ4n) is 2.49. The minimum Gasteiger partial charge on any atom is -0.480 e. The van der Waals surface area contributed by atoms with Crippen molar-refractivity contribution in [2.75, 3.05) is 13.1 Å². The van der Waals surface area contributed by atoms with Gasteiger partial charge in [0.2, 0.25) is 23.6 Å². The number of carboxylic acids is 1. The van der Waals surface area contributed by atoms with Gasteiger partial charge in [-0.05, 0) is 19.3 Å². The second kappa shape index (κ2) is 8.85. The molecule has 1 saturated heterocycles. The van der Waals surface area contributed by atoms with Gasteiger partial charge in [0.25, 0.3) is 0 Å². The van der Waals surface area contributed by atoms with Gasteiger partial charge in [-0.1, -0.05) is 0 Å². The summed E-state index contributed by atoms with van der Waals surface area (Å²) in [5.74, 6) is -3.34. The van der Waals surface area contributed by atoms with E-state index >= 15 is 0 Å². The number of carbonyl (C=O) groups excluding carboxylic acids is 4. The lowest BCUT2D eigenvalue weighted by molar-refractivity contribution is -0.142. The number of nitrogens with two attached hydrogens (primary N) is 1. The van der Waals surface area contributed by atoms with Gasteiger partial charge < -0.3 is 26.4 Å². The van der Waals surface area contributed by atoms with Crippen molar-refractivity contribution in [3.05, 3.63) is 0 Å². The van der Waals surface area contributed by atoms with E-state index in [9.17, 15) is 24.0 Å². The first-order chi connectivity index (χ1) is 11.2. The molecule has 24 heavy (non-hydrogen) atoms. The number of nitrogens with one attached hydrogen (secondary N) is 2. The normalized spacial score (nSPS) is 17.9. The highest BCUT2D eigenvalue weighted by Crippen LogP contribution is 2.17. The summed E-state index contributed by atoms with van der Waals surface area (Å²) >= 11 is 0. The smallest absolute Gasteiger partial charge is 0.326 e. The zero-order chi connectivity index (χ0) is 18.3. The third kappa shape index (κ3) is 5.86. The van der Waals surface area contributed by atoms with E-state index in [4.69, 9.17) is 10.8 Å². The average Bonchev–Trinajstić information content (AvgIpc) is 2.98. The molecule has 1 aliphatic rings. The van der Waals surface area contributed by atoms with Crippen molar-refractivity contribution in [3.8, 4) is 0 Å². The molecule has 0 spiro atoms. The summed E-state index contributed by atoms with van der Waals surface area (Å²) in [6, 6.07) is -1.87. The van der Waals surface area contributed by atoms with Gasteiger partial charge in [0.1, 0.15) is 12.1 Å². The molecule has 0 aromatic rings. The fourth-order valence-corrected chi connectivity index (χ4v) is 2.49. The molecular weight excluding hydrogens is 320 g/mol. The van der Waals surface area contributed by atoms with E-state index in [0.717, 1.165) is 0 Å². The minimum absolute atomic E-state index is 0.134. The number of primary amides is 1. The summed E-state index contributed by atoms with van der Waals surface area (Å²) in [6.45, 7) is 1.45. The molecule has 1 aliphatic heterocycles. The number of nitrogens with zero attached hydrogens (tertiary/aromatic N) is 1. The molecule has 0 aromatic carbocycles. The average molecular weight is 342 g/mol. The van der Waals surface area contributed by atoms with Crippen LogP contribution in [0, 0.1) is 0 Å². The maximum Gasteiger partial charge on any atom is 0.326 e. The first-order valence-electron chi connectivity index (χ1n) is 7.57. The molecule has 5 N–H and O–H groups in total. The van der Waals surface area contributed by atoms with Crippen LogP contribution in [0.3, 0.4) is 0 Å². The molecule has 10 heteroatoms. The quantitative estimate of drug-likeness (QED) is 0.397. The van der Waals surface area contributed by atoms with Crippen LogP contribution in [0.15, 0.2) is 0 Å². The van der Waals surface area contributed by atoms with E-state index in [1.807, 2.05) is 0 Å². The molecule has 2 atom stereocenters. The minimum atomic E-state index is -1.30. The molecule has 1 heterocycles. The van der Waals surface area contributed by atoms with Gasteiger partial charge in [-0.2, -0.15) is 0 Å². The Labute approximate surface area is 138 Å². The van der Waals surface area contributed by atoms with Crippen LogP contribution < -0.4 is 16.4 Å². The first-order valence-corrected chi connectivity index (χ1v) is 7.57. The van der Waals surface area contributed by atoms with Crippen LogP contribution in [0.1, 0.15) is 32.6 Å². The summed E-state index contributed by atoms with van der Waals surface area (Å²) in [7, 11) is 0. The van der Waals surface area contributed by atoms with Gasteiger partial charge >= 0.3 is 5.97 Å². The summed E-state index contributed by atoms with van der Waals surface area (Å²) in [6.07, 6.45) is 0.909. The summed E-state index contributed by atoms with van der Waals surface area (Å²) in [5.41, 5.74) is 4.94. The van der Waals surface area contributed by atoms with Crippen molar-refractivity contribution in [2.24, 2.45) is 5.73 Å². The van der Waals surface area contributed by atoms with Crippen LogP contribution in [0.4, 0.5) is 0 Å². The van der Waals surface area contributed by atoms with E-state index in [-0.39, 0.29) is 18.7 Å². The molecule has 0 aromatic heterocycles. The molecular formula is C14H22N4O6. The monoisotopic (exact) mass is 342 g/mol. The Morgan fingerprint density at radius 3 is 2.50 bits per heavy atom. The Hall–Kier alpha value is -2.65. The Kier molecular flexibility index (Phi) is 7.15. The van der Waals surface area contributed by atoms with Crippen LogP contribution in [0.25, 0.3) is 0 Å². The highest BCUT2D eigenvalue weighted by molar-refractivity contribution is 5.91. The third-order valence-electron chi connectivity index (χ3n) is 3.70. The maximum absolute atomic E-state index is 12.0. The van der Waals surface area contributed by atoms with Crippen molar-refractivity contribution in [1.82, 2.24) is 15.5 Å². The summed E-state index contributed by atoms with van der Waals surface area (Å²) < 4.78 is 0. The molecule has 10 nitrogen and oxygen atoms in total. The van der Waals surface area contributed by atoms with Crippen molar-refractivity contribution >= 4 is 29.6 Å². The number of rotatable bonds is 8. The van der Waals surface area contributed by atoms with Crippen LogP contribution in [0.5, 0.6) is 0 Å². The number of aliphatic carboxylic acids is 1. The van der Waals surface area contributed by atoms with Crippen molar-refractivity contribution in [3.63, 3.8) is 0 Å². The van der Waals surface area contributed by atoms with Crippen LogP contribution >= 0.6 is 0 Å². The van der Waals surface area contributed by atoms with Crippen molar-refractivity contribution < 1.29 is 29.1 Å². The van der Waals surface area contributed by atoms with Gasteiger partial charge in [-0.15, -0.1) is 0 Å². The van der Waals surface area contributed by atoms with Gasteiger partial charge in [0.05, 0.1) is 6.54 Å². The van der Waals surface area contributed by atoms with E-state index < -0.39 is 42.3 Å². The lowest BCUT2D eigenvalue weighted by Crippen LogP contribution is -2.50. The van der Waals surface area contributed by atoms with E-state index in [1.54, 1.807) is 0 Å². The zero-order valence-electron chi connectivity index (χ0n) is 13.4. The Morgan fingerprint density at radius 1 is 1.29 bits per heavy atom. The zero-order valence-corrected chi connectivity index (χ0v) is 13.4. The predicted octanol–water partition coefficient (Wildman–Crippen LogP) is -2.05. The highest BCUT2D eigenvalue weighted by atomic mass is 16.4. The number of carbonyl (C=O) groups is 5. The molecule has 1 rings (SSSR count). The molecule has 4 amide bonds. The van der Waals surface area contributed by atoms with Crippen LogP contribution in [-0.4, -0.2) is 64.8 Å². The lowest BCUT2D eigenvalue weighted by atomic mass is 10.1. The summed E-state index contributed by atoms with van der Waals surface area (Å²) in [5, 5.41) is 13.6. The third-order valence-corrected chi connectivity index (χ3v) is 3.70. The fraction of sp³-hybridized carbons (Fsp3) is 0.643. The van der Waals surface area contributed by atoms with Gasteiger partial charge in [0, 0.05) is 19.9 Å². The molecule has 1 fully saturated rings. The maximum atomic E-state index is 12.0. The SMILES string of the molecule is CC(=O)N1CCC[C@H]1C(=O)NCC(=O)N[C@@H](CCC(N)=O)C(=O)O. The predicted molar refractivity (Wildman–Crippen MR) is 81.4 cm³/mol. The number of carboxylic acid groups (broad SMARTS) is 1. The first kappa shape index (κ1) is 19.4. The molecule has 0 bridgehead atoms. The number of hydrogen-bond acceptors (Lipinski definition) is 5. The van der Waals surface area contributed by atoms with Crippen LogP contribution in [-0.2, 0) is 24.0 Å². The highest BCUT2D eigenvalue weighted by Gasteiger charge is 2.32. The molecule has 0 aliphatic carbocycles. The van der Waals surface area contributed by atoms with Crippen molar-refractivity contribution in [1.29, 1.82) is 0 Å². The Balaban J connectivity index is 2.46. The second-order valence-electron chi connectivity index (χ2n) is 5.55. The van der Waals surface area contributed by atoms with Crippen LogP contribution in [0.2, 0.25) is 0 Å². The Morgan fingerprint density at radius 2 is 1.96 bits per heavy atom. The van der Waals surface area contributed by atoms with Gasteiger partial charge in [-0.25, -0.2) is 4.79 Å². The van der Waals surface area contributed by atoms with E-state index in [1.165, 1.54) is 11.8 Å². The molecule has 0 radical (unpaired) electrons. The number of hydrogen-bond donors (Lipinski definition) is 4. The summed E-state index contributed by atoms with van der Waals surface area (Å²) in [4.78, 5) is 58.3. The van der Waals surface area contributed by atoms with E-state index in [0.29, 0.717) is 19.4 Å². The standard InChI is InChI=1S/C14H22N4O6/c1-8(19)18-6-2-3-10(18)13(22)16-7-12(21)17-9(14(23)24)4-5-11(15)20/h9-10H,2-7H2,1H3,(H2,15,20)(H,16,22)(H,17,21)(H,23,24)/t9-,10-/m0/s1. The Bertz CT molecular complexity index is 535. The lowest BCUT2D eigenvalue weighted by Gasteiger charge is -2.22. The number of amides is 4. The molecule has 0 saturated carbocycles. The largest absolute Gasteiger partial charge is 0.480 e. The van der Waals surface area contributed by atoms with Gasteiger partial charge in [-0.3, -0.25) is 19.2 Å². The second-order valence-corrected chi connectivity index (χ2v) is 5.55. The molecule has 0 unspecified atom stereocenters.